The molecule has 0 saturated carbocycles. The van der Waals surface area contributed by atoms with Crippen LogP contribution < -0.4 is 5.32 Å². The molecule has 34 heavy (non-hydrogen) atoms. The Morgan fingerprint density at radius 3 is 2.68 bits per heavy atom. The summed E-state index contributed by atoms with van der Waals surface area (Å²) in [5.41, 5.74) is 4.38. The van der Waals surface area contributed by atoms with Gasteiger partial charge in [-0.1, -0.05) is 30.3 Å². The van der Waals surface area contributed by atoms with E-state index in [1.54, 1.807) is 12.1 Å². The van der Waals surface area contributed by atoms with Crippen molar-refractivity contribution in [1.29, 1.82) is 0 Å². The van der Waals surface area contributed by atoms with E-state index in [9.17, 15) is 13.2 Å². The molecule has 1 fully saturated rings. The largest absolute Gasteiger partial charge is 0.381 e. The van der Waals surface area contributed by atoms with Crippen molar-refractivity contribution in [3.63, 3.8) is 0 Å². The zero-order chi connectivity index (χ0) is 23.7. The Morgan fingerprint density at radius 1 is 1.12 bits per heavy atom. The quantitative estimate of drug-likeness (QED) is 0.581. The van der Waals surface area contributed by atoms with Crippen molar-refractivity contribution in [3.8, 4) is 0 Å². The lowest BCUT2D eigenvalue weighted by atomic mass is 9.94. The van der Waals surface area contributed by atoms with Crippen LogP contribution in [0.3, 0.4) is 0 Å². The number of nitrogens with zero attached hydrogens (tertiary/aromatic N) is 2. The number of carbonyl (C=O) groups excluding carboxylic acids is 1. The molecule has 178 valence electrons. The molecular weight excluding hydrogens is 452 g/mol. The molecule has 3 heterocycles. The van der Waals surface area contributed by atoms with Gasteiger partial charge in [0.25, 0.3) is 5.91 Å². The van der Waals surface area contributed by atoms with Crippen LogP contribution in [0.5, 0.6) is 0 Å². The molecule has 2 aliphatic heterocycles. The average molecular weight is 481 g/mol. The lowest BCUT2D eigenvalue weighted by Gasteiger charge is -2.28. The molecule has 2 N–H and O–H groups in total. The van der Waals surface area contributed by atoms with Gasteiger partial charge < -0.3 is 10.1 Å². The number of ether oxygens (including phenoxy) is 1. The molecule has 0 radical (unpaired) electrons. The highest BCUT2D eigenvalue weighted by molar-refractivity contribution is 7.89. The predicted molar refractivity (Wildman–Crippen MR) is 128 cm³/mol. The van der Waals surface area contributed by atoms with Crippen LogP contribution in [0.1, 0.15) is 51.5 Å². The van der Waals surface area contributed by atoms with E-state index in [0.29, 0.717) is 44.5 Å². The monoisotopic (exact) mass is 480 g/mol. The topological polar surface area (TPSA) is 104 Å². The van der Waals surface area contributed by atoms with E-state index in [1.165, 1.54) is 22.0 Å². The van der Waals surface area contributed by atoms with E-state index in [1.807, 2.05) is 31.2 Å². The molecule has 0 unspecified atom stereocenters. The zero-order valence-electron chi connectivity index (χ0n) is 19.1. The van der Waals surface area contributed by atoms with E-state index >= 15 is 0 Å². The highest BCUT2D eigenvalue weighted by Crippen LogP contribution is 2.31. The maximum Gasteiger partial charge on any atom is 0.256 e. The van der Waals surface area contributed by atoms with Crippen molar-refractivity contribution in [2.45, 2.75) is 43.5 Å². The summed E-state index contributed by atoms with van der Waals surface area (Å²) in [7, 11) is -3.73. The van der Waals surface area contributed by atoms with Crippen molar-refractivity contribution in [2.75, 3.05) is 25.1 Å². The smallest absolute Gasteiger partial charge is 0.256 e. The fourth-order valence-electron chi connectivity index (χ4n) is 4.72. The number of nitrogens with one attached hydrogen (secondary N) is 2. The minimum absolute atomic E-state index is 0.112. The van der Waals surface area contributed by atoms with Crippen molar-refractivity contribution < 1.29 is 17.9 Å². The first kappa shape index (κ1) is 22.8. The molecule has 1 aromatic heterocycles. The number of amides is 1. The number of hydrogen-bond acceptors (Lipinski definition) is 5. The summed E-state index contributed by atoms with van der Waals surface area (Å²) in [4.78, 5) is 13.1. The van der Waals surface area contributed by atoms with Gasteiger partial charge in [0, 0.05) is 49.0 Å². The van der Waals surface area contributed by atoms with Gasteiger partial charge in [-0.25, -0.2) is 8.42 Å². The molecule has 2 aliphatic rings. The molecule has 1 amide bonds. The number of hydrogen-bond donors (Lipinski definition) is 2. The van der Waals surface area contributed by atoms with E-state index in [4.69, 9.17) is 4.74 Å². The molecule has 8 nitrogen and oxygen atoms in total. The Labute approximate surface area is 199 Å². The minimum Gasteiger partial charge on any atom is -0.381 e. The highest BCUT2D eigenvalue weighted by Gasteiger charge is 2.29. The van der Waals surface area contributed by atoms with Gasteiger partial charge in [0.1, 0.15) is 0 Å². The summed E-state index contributed by atoms with van der Waals surface area (Å²) >= 11 is 0. The molecule has 3 aromatic rings. The van der Waals surface area contributed by atoms with Gasteiger partial charge in [-0.05, 0) is 55.5 Å². The third-order valence-corrected chi connectivity index (χ3v) is 8.58. The lowest BCUT2D eigenvalue weighted by molar-refractivity contribution is 0.0844. The number of carbonyl (C=O) groups is 1. The van der Waals surface area contributed by atoms with Crippen LogP contribution >= 0.6 is 0 Å². The number of anilines is 1. The molecule has 5 rings (SSSR count). The Kier molecular flexibility index (Phi) is 6.24. The first-order valence-electron chi connectivity index (χ1n) is 11.5. The van der Waals surface area contributed by atoms with Crippen LogP contribution in [0.4, 0.5) is 5.82 Å². The van der Waals surface area contributed by atoms with Crippen LogP contribution in [0.15, 0.2) is 53.4 Å². The highest BCUT2D eigenvalue weighted by atomic mass is 32.2. The zero-order valence-corrected chi connectivity index (χ0v) is 19.9. The molecule has 1 saturated heterocycles. The first-order valence-corrected chi connectivity index (χ1v) is 13.0. The second-order valence-electron chi connectivity index (χ2n) is 8.84. The molecule has 0 atom stereocenters. The number of benzene rings is 2. The lowest BCUT2D eigenvalue weighted by Crippen LogP contribution is -2.36. The maximum absolute atomic E-state index is 13.3. The fraction of sp³-hybridized carbons (Fsp3) is 0.360. The van der Waals surface area contributed by atoms with Crippen molar-refractivity contribution in [3.05, 3.63) is 76.5 Å². The summed E-state index contributed by atoms with van der Waals surface area (Å²) in [6, 6.07) is 14.1. The number of aromatic nitrogens is 2. The van der Waals surface area contributed by atoms with Gasteiger partial charge in [0.2, 0.25) is 10.0 Å². The second-order valence-corrected chi connectivity index (χ2v) is 10.8. The summed E-state index contributed by atoms with van der Waals surface area (Å²) in [6.45, 7) is 4.11. The second kappa shape index (κ2) is 9.32. The van der Waals surface area contributed by atoms with E-state index in [0.717, 1.165) is 29.7 Å². The fourth-order valence-corrected chi connectivity index (χ4v) is 6.18. The van der Waals surface area contributed by atoms with E-state index < -0.39 is 15.9 Å². The minimum atomic E-state index is -3.73. The Bertz CT molecular complexity index is 1310. The predicted octanol–water partition coefficient (Wildman–Crippen LogP) is 3.61. The normalized spacial score (nSPS) is 17.3. The van der Waals surface area contributed by atoms with Crippen molar-refractivity contribution in [1.82, 2.24) is 14.5 Å². The Morgan fingerprint density at radius 2 is 1.88 bits per heavy atom. The number of sulfonamides is 1. The third-order valence-electron chi connectivity index (χ3n) is 6.74. The molecule has 0 bridgehead atoms. The summed E-state index contributed by atoms with van der Waals surface area (Å²) < 4.78 is 33.6. The van der Waals surface area contributed by atoms with Crippen LogP contribution in [0.25, 0.3) is 0 Å². The number of aromatic amines is 1. The summed E-state index contributed by atoms with van der Waals surface area (Å²) in [5.74, 6) is 0.400. The van der Waals surface area contributed by atoms with E-state index in [-0.39, 0.29) is 10.5 Å². The van der Waals surface area contributed by atoms with Crippen molar-refractivity contribution in [2.24, 2.45) is 0 Å². The average Bonchev–Trinajstić information content (AvgIpc) is 3.24. The van der Waals surface area contributed by atoms with Gasteiger partial charge in [0.05, 0.1) is 4.90 Å². The van der Waals surface area contributed by atoms with Gasteiger partial charge >= 0.3 is 0 Å². The van der Waals surface area contributed by atoms with Crippen LogP contribution in [-0.4, -0.2) is 48.6 Å². The summed E-state index contributed by atoms with van der Waals surface area (Å²) in [5, 5.41) is 10.2. The number of rotatable bonds is 5. The molecule has 0 spiro atoms. The molecule has 2 aromatic carbocycles. The molecule has 9 heteroatoms. The Balaban J connectivity index is 1.33. The number of H-pyrrole nitrogens is 1. The molecule has 0 aliphatic carbocycles. The SMILES string of the molecule is Cc1c(NC(=O)c2cccc(S(=O)(=O)N3CCc4ccccc4C3)c2)n[nH]c1C1CCOCC1. The van der Waals surface area contributed by atoms with Gasteiger partial charge in [0.15, 0.2) is 5.82 Å². The first-order chi connectivity index (χ1) is 16.4. The van der Waals surface area contributed by atoms with Crippen LogP contribution in [-0.2, 0) is 27.7 Å². The van der Waals surface area contributed by atoms with Gasteiger partial charge in [-0.2, -0.15) is 9.40 Å². The van der Waals surface area contributed by atoms with Gasteiger partial charge in [-0.3, -0.25) is 9.89 Å². The number of fused-ring (bicyclic) bond motifs is 1. The molecular formula is C25H28N4O4S. The van der Waals surface area contributed by atoms with Crippen LogP contribution in [0, 0.1) is 6.92 Å². The maximum atomic E-state index is 13.3. The Hall–Kier alpha value is -3.01. The van der Waals surface area contributed by atoms with Crippen LogP contribution in [0.2, 0.25) is 0 Å². The van der Waals surface area contributed by atoms with Crippen molar-refractivity contribution >= 4 is 21.7 Å². The third kappa shape index (κ3) is 4.38. The standard InChI is InChI=1S/C25H28N4O4S/c1-17-23(19-10-13-33-14-11-19)27-28-24(17)26-25(30)20-7-4-8-22(15-20)34(31,32)29-12-9-18-5-2-3-6-21(18)16-29/h2-8,15,19H,9-14,16H2,1H3,(H2,26,27,28,30). The summed E-state index contributed by atoms with van der Waals surface area (Å²) in [6.07, 6.45) is 2.50. The van der Waals surface area contributed by atoms with Gasteiger partial charge in [-0.15, -0.1) is 0 Å². The van der Waals surface area contributed by atoms with E-state index in [2.05, 4.69) is 15.5 Å².